The minimum Gasteiger partial charge on any atom is -0.397 e. The molecule has 0 radical (unpaired) electrons. The number of anilines is 2. The van der Waals surface area contributed by atoms with E-state index in [1.54, 1.807) is 17.0 Å². The minimum absolute atomic E-state index is 0.0162. The fraction of sp³-hybridized carbons (Fsp3) is 0.533. The fourth-order valence-electron chi connectivity index (χ4n) is 2.47. The molecule has 0 aromatic heterocycles. The van der Waals surface area contributed by atoms with Gasteiger partial charge in [0.2, 0.25) is 0 Å². The van der Waals surface area contributed by atoms with Gasteiger partial charge >= 0.3 is 0 Å². The molecule has 0 bridgehead atoms. The minimum atomic E-state index is -0.648. The molecule has 0 unspecified atom stereocenters. The summed E-state index contributed by atoms with van der Waals surface area (Å²) in [6.45, 7) is 2.99. The lowest BCUT2D eigenvalue weighted by Gasteiger charge is -2.35. The summed E-state index contributed by atoms with van der Waals surface area (Å²) in [7, 11) is 3.83. The van der Waals surface area contributed by atoms with Gasteiger partial charge in [0.1, 0.15) is 0 Å². The number of nitrogens with two attached hydrogens (primary N) is 1. The van der Waals surface area contributed by atoms with Crippen molar-refractivity contribution < 1.29 is 9.90 Å². The predicted molar refractivity (Wildman–Crippen MR) is 80.9 cm³/mol. The van der Waals surface area contributed by atoms with E-state index in [9.17, 15) is 9.90 Å². The highest BCUT2D eigenvalue weighted by atomic mass is 16.3. The Labute approximate surface area is 120 Å². The van der Waals surface area contributed by atoms with E-state index in [4.69, 9.17) is 5.73 Å². The summed E-state index contributed by atoms with van der Waals surface area (Å²) in [5.41, 5.74) is 7.45. The van der Waals surface area contributed by atoms with Crippen LogP contribution in [0, 0.1) is 0 Å². The molecule has 1 saturated heterocycles. The van der Waals surface area contributed by atoms with Crippen molar-refractivity contribution in [1.29, 1.82) is 0 Å². The molecule has 2 rings (SSSR count). The Morgan fingerprint density at radius 2 is 1.95 bits per heavy atom. The number of hydrogen-bond acceptors (Lipinski definition) is 4. The van der Waals surface area contributed by atoms with Gasteiger partial charge in [0.05, 0.1) is 17.0 Å². The van der Waals surface area contributed by atoms with Gasteiger partial charge in [0.15, 0.2) is 0 Å². The maximum atomic E-state index is 12.4. The first-order valence-electron chi connectivity index (χ1n) is 6.89. The molecule has 1 fully saturated rings. The lowest BCUT2D eigenvalue weighted by atomic mass is 9.93. The van der Waals surface area contributed by atoms with Crippen molar-refractivity contribution >= 4 is 17.3 Å². The first-order valence-corrected chi connectivity index (χ1v) is 6.89. The van der Waals surface area contributed by atoms with Crippen LogP contribution in [0.4, 0.5) is 11.4 Å². The summed E-state index contributed by atoms with van der Waals surface area (Å²) in [4.78, 5) is 16.1. The molecule has 5 nitrogen and oxygen atoms in total. The van der Waals surface area contributed by atoms with E-state index < -0.39 is 5.60 Å². The quantitative estimate of drug-likeness (QED) is 0.800. The van der Waals surface area contributed by atoms with E-state index in [-0.39, 0.29) is 5.91 Å². The van der Waals surface area contributed by atoms with E-state index in [1.807, 2.05) is 32.0 Å². The zero-order chi connectivity index (χ0) is 14.9. The van der Waals surface area contributed by atoms with Crippen LogP contribution in [0.1, 0.15) is 30.1 Å². The molecule has 1 aromatic carbocycles. The zero-order valence-corrected chi connectivity index (χ0v) is 12.4. The number of benzene rings is 1. The molecule has 1 aliphatic heterocycles. The third-order valence-corrected chi connectivity index (χ3v) is 3.88. The summed E-state index contributed by atoms with van der Waals surface area (Å²) in [6, 6.07) is 5.40. The Bertz CT molecular complexity index is 502. The Kier molecular flexibility index (Phi) is 3.90. The molecule has 1 heterocycles. The van der Waals surface area contributed by atoms with E-state index in [0.717, 1.165) is 5.69 Å². The normalized spacial score (nSPS) is 17.9. The molecule has 1 aromatic rings. The Morgan fingerprint density at radius 1 is 1.35 bits per heavy atom. The fourth-order valence-corrected chi connectivity index (χ4v) is 2.47. The second-order valence-electron chi connectivity index (χ2n) is 5.96. The topological polar surface area (TPSA) is 69.8 Å². The molecular weight excluding hydrogens is 254 g/mol. The van der Waals surface area contributed by atoms with Gasteiger partial charge in [0.25, 0.3) is 5.91 Å². The third-order valence-electron chi connectivity index (χ3n) is 3.88. The van der Waals surface area contributed by atoms with Crippen LogP contribution >= 0.6 is 0 Å². The number of amides is 1. The average molecular weight is 277 g/mol. The molecule has 0 atom stereocenters. The molecule has 0 spiro atoms. The van der Waals surface area contributed by atoms with Crippen LogP contribution in [0.3, 0.4) is 0 Å². The van der Waals surface area contributed by atoms with Crippen LogP contribution in [0.5, 0.6) is 0 Å². The summed E-state index contributed by atoms with van der Waals surface area (Å²) < 4.78 is 0. The highest BCUT2D eigenvalue weighted by molar-refractivity contribution is 5.96. The largest absolute Gasteiger partial charge is 0.397 e. The van der Waals surface area contributed by atoms with Crippen LogP contribution in [-0.4, -0.2) is 48.7 Å². The van der Waals surface area contributed by atoms with Crippen LogP contribution in [0.25, 0.3) is 0 Å². The molecule has 0 saturated carbocycles. The van der Waals surface area contributed by atoms with E-state index in [1.165, 1.54) is 0 Å². The highest BCUT2D eigenvalue weighted by Gasteiger charge is 2.30. The molecular formula is C15H23N3O2. The van der Waals surface area contributed by atoms with Crippen molar-refractivity contribution in [3.63, 3.8) is 0 Å². The number of rotatable bonds is 2. The van der Waals surface area contributed by atoms with E-state index in [2.05, 4.69) is 0 Å². The van der Waals surface area contributed by atoms with Crippen molar-refractivity contribution in [3.05, 3.63) is 23.8 Å². The third kappa shape index (κ3) is 3.04. The van der Waals surface area contributed by atoms with Crippen LogP contribution in [0.15, 0.2) is 18.2 Å². The molecule has 3 N–H and O–H groups in total. The number of nitrogen functional groups attached to an aromatic ring is 1. The van der Waals surface area contributed by atoms with Crippen molar-refractivity contribution in [2.24, 2.45) is 0 Å². The average Bonchev–Trinajstić information content (AvgIpc) is 2.37. The monoisotopic (exact) mass is 277 g/mol. The molecule has 20 heavy (non-hydrogen) atoms. The van der Waals surface area contributed by atoms with Gasteiger partial charge in [-0.1, -0.05) is 0 Å². The van der Waals surface area contributed by atoms with Gasteiger partial charge in [-0.2, -0.15) is 0 Å². The maximum Gasteiger partial charge on any atom is 0.253 e. The van der Waals surface area contributed by atoms with Gasteiger partial charge < -0.3 is 20.6 Å². The zero-order valence-electron chi connectivity index (χ0n) is 12.4. The SMILES string of the molecule is CN(C)c1ccc(C(=O)N2CCC(C)(O)CC2)cc1N. The molecule has 1 amide bonds. The van der Waals surface area contributed by atoms with Gasteiger partial charge in [-0.3, -0.25) is 4.79 Å². The summed E-state index contributed by atoms with van der Waals surface area (Å²) in [5, 5.41) is 9.92. The Morgan fingerprint density at radius 3 is 2.45 bits per heavy atom. The Balaban J connectivity index is 2.12. The predicted octanol–water partition coefficient (Wildman–Crippen LogP) is 1.32. The van der Waals surface area contributed by atoms with Crippen molar-refractivity contribution in [3.8, 4) is 0 Å². The van der Waals surface area contributed by atoms with Crippen LogP contribution in [0.2, 0.25) is 0 Å². The van der Waals surface area contributed by atoms with Gasteiger partial charge in [-0.15, -0.1) is 0 Å². The van der Waals surface area contributed by atoms with Gasteiger partial charge in [-0.05, 0) is 38.0 Å². The number of aliphatic hydroxyl groups is 1. The van der Waals surface area contributed by atoms with Crippen molar-refractivity contribution in [2.75, 3.05) is 37.8 Å². The second-order valence-corrected chi connectivity index (χ2v) is 5.96. The first kappa shape index (κ1) is 14.7. The molecule has 0 aliphatic carbocycles. The number of piperidine rings is 1. The molecule has 1 aliphatic rings. The van der Waals surface area contributed by atoms with Gasteiger partial charge in [-0.25, -0.2) is 0 Å². The first-order chi connectivity index (χ1) is 9.30. The molecule has 5 heteroatoms. The van der Waals surface area contributed by atoms with Crippen LogP contribution < -0.4 is 10.6 Å². The smallest absolute Gasteiger partial charge is 0.253 e. The number of carbonyl (C=O) groups excluding carboxylic acids is 1. The Hall–Kier alpha value is -1.75. The van der Waals surface area contributed by atoms with Crippen molar-refractivity contribution in [2.45, 2.75) is 25.4 Å². The van der Waals surface area contributed by atoms with Gasteiger partial charge in [0, 0.05) is 32.7 Å². The lowest BCUT2D eigenvalue weighted by Crippen LogP contribution is -2.45. The second kappa shape index (κ2) is 5.32. The summed E-state index contributed by atoms with van der Waals surface area (Å²) in [6.07, 6.45) is 1.23. The van der Waals surface area contributed by atoms with Crippen LogP contribution in [-0.2, 0) is 0 Å². The van der Waals surface area contributed by atoms with E-state index >= 15 is 0 Å². The number of carbonyl (C=O) groups is 1. The highest BCUT2D eigenvalue weighted by Crippen LogP contribution is 2.25. The number of hydrogen-bond donors (Lipinski definition) is 2. The van der Waals surface area contributed by atoms with E-state index in [0.29, 0.717) is 37.2 Å². The van der Waals surface area contributed by atoms with Crippen molar-refractivity contribution in [1.82, 2.24) is 4.90 Å². The summed E-state index contributed by atoms with van der Waals surface area (Å²) >= 11 is 0. The summed E-state index contributed by atoms with van der Waals surface area (Å²) in [5.74, 6) is -0.0162. The lowest BCUT2D eigenvalue weighted by molar-refractivity contribution is -0.00202. The molecule has 110 valence electrons. The number of likely N-dealkylation sites (tertiary alicyclic amines) is 1. The standard InChI is InChI=1S/C15H23N3O2/c1-15(20)6-8-18(9-7-15)14(19)11-4-5-13(17(2)3)12(16)10-11/h4-5,10,20H,6-9,16H2,1-3H3. The number of nitrogens with zero attached hydrogens (tertiary/aromatic N) is 2. The maximum absolute atomic E-state index is 12.4.